The van der Waals surface area contributed by atoms with Crippen LogP contribution in [0.2, 0.25) is 0 Å². The van der Waals surface area contributed by atoms with Crippen LogP contribution in [0.1, 0.15) is 32.3 Å². The highest BCUT2D eigenvalue weighted by Gasteiger charge is 2.31. The molecule has 1 fully saturated rings. The maximum Gasteiger partial charge on any atom is 0.237 e. The summed E-state index contributed by atoms with van der Waals surface area (Å²) >= 11 is 0. The number of nitrogens with zero attached hydrogens (tertiary/aromatic N) is 2. The van der Waals surface area contributed by atoms with E-state index >= 15 is 0 Å². The van der Waals surface area contributed by atoms with Crippen LogP contribution in [-0.2, 0) is 11.3 Å². The predicted molar refractivity (Wildman–Crippen MR) is 86.9 cm³/mol. The van der Waals surface area contributed by atoms with Crippen molar-refractivity contribution >= 4 is 5.91 Å². The summed E-state index contributed by atoms with van der Waals surface area (Å²) in [4.78, 5) is 16.5. The lowest BCUT2D eigenvalue weighted by Crippen LogP contribution is -2.41. The summed E-state index contributed by atoms with van der Waals surface area (Å²) in [6, 6.07) is 7.02. The molecule has 2 rings (SSSR count). The Morgan fingerprint density at radius 1 is 1.27 bits per heavy atom. The molecule has 4 heteroatoms. The first-order valence-corrected chi connectivity index (χ1v) is 7.90. The standard InChI is InChI=1S/C18H25FN2O/c1-4-20(11-14(2)3)18(22)13-21(17-9-10-17)12-15-5-7-16(19)8-6-15/h5-8,17H,2,4,9-13H2,1,3H3. The van der Waals surface area contributed by atoms with Gasteiger partial charge in [0.25, 0.3) is 0 Å². The molecule has 0 atom stereocenters. The molecule has 3 nitrogen and oxygen atoms in total. The zero-order valence-corrected chi connectivity index (χ0v) is 13.5. The minimum Gasteiger partial charge on any atom is -0.338 e. The average molecular weight is 304 g/mol. The fourth-order valence-corrected chi connectivity index (χ4v) is 2.55. The van der Waals surface area contributed by atoms with Gasteiger partial charge in [0.15, 0.2) is 0 Å². The largest absolute Gasteiger partial charge is 0.338 e. The van der Waals surface area contributed by atoms with Crippen molar-refractivity contribution in [1.29, 1.82) is 0 Å². The third-order valence-electron chi connectivity index (χ3n) is 3.90. The summed E-state index contributed by atoms with van der Waals surface area (Å²) in [5.74, 6) is -0.0871. The maximum absolute atomic E-state index is 13.0. The topological polar surface area (TPSA) is 23.6 Å². The first-order chi connectivity index (χ1) is 10.5. The van der Waals surface area contributed by atoms with Gasteiger partial charge in [0.1, 0.15) is 5.82 Å². The van der Waals surface area contributed by atoms with E-state index in [0.29, 0.717) is 32.2 Å². The molecule has 0 N–H and O–H groups in total. The molecule has 1 saturated carbocycles. The average Bonchev–Trinajstić information content (AvgIpc) is 3.30. The van der Waals surface area contributed by atoms with Crippen LogP contribution in [0.3, 0.4) is 0 Å². The van der Waals surface area contributed by atoms with Gasteiger partial charge in [-0.3, -0.25) is 9.69 Å². The molecule has 0 saturated heterocycles. The lowest BCUT2D eigenvalue weighted by Gasteiger charge is -2.27. The Balaban J connectivity index is 1.97. The van der Waals surface area contributed by atoms with Crippen molar-refractivity contribution in [3.05, 3.63) is 47.8 Å². The Morgan fingerprint density at radius 2 is 1.91 bits per heavy atom. The summed E-state index contributed by atoms with van der Waals surface area (Å²) in [6.07, 6.45) is 2.28. The third kappa shape index (κ3) is 4.95. The van der Waals surface area contributed by atoms with Gasteiger partial charge in [-0.05, 0) is 44.4 Å². The van der Waals surface area contributed by atoms with Gasteiger partial charge >= 0.3 is 0 Å². The monoisotopic (exact) mass is 304 g/mol. The molecular weight excluding hydrogens is 279 g/mol. The lowest BCUT2D eigenvalue weighted by atomic mass is 10.2. The molecule has 0 bridgehead atoms. The van der Waals surface area contributed by atoms with Crippen LogP contribution in [0.25, 0.3) is 0 Å². The summed E-state index contributed by atoms with van der Waals surface area (Å²) in [7, 11) is 0. The van der Waals surface area contributed by atoms with Crippen molar-refractivity contribution in [3.63, 3.8) is 0 Å². The van der Waals surface area contributed by atoms with Gasteiger partial charge < -0.3 is 4.90 Å². The highest BCUT2D eigenvalue weighted by Crippen LogP contribution is 2.28. The molecule has 0 unspecified atom stereocenters. The molecule has 1 aliphatic rings. The molecule has 0 aromatic heterocycles. The molecule has 0 spiro atoms. The molecule has 120 valence electrons. The fourth-order valence-electron chi connectivity index (χ4n) is 2.55. The Bertz CT molecular complexity index is 522. The van der Waals surface area contributed by atoms with Crippen molar-refractivity contribution in [1.82, 2.24) is 9.80 Å². The second-order valence-corrected chi connectivity index (χ2v) is 6.13. The second-order valence-electron chi connectivity index (χ2n) is 6.13. The highest BCUT2D eigenvalue weighted by molar-refractivity contribution is 5.78. The van der Waals surface area contributed by atoms with E-state index in [4.69, 9.17) is 0 Å². The van der Waals surface area contributed by atoms with E-state index in [0.717, 1.165) is 24.0 Å². The Labute approximate surface area is 132 Å². The van der Waals surface area contributed by atoms with E-state index in [2.05, 4.69) is 11.5 Å². The number of rotatable bonds is 8. The van der Waals surface area contributed by atoms with Crippen molar-refractivity contribution in [2.24, 2.45) is 0 Å². The van der Waals surface area contributed by atoms with E-state index in [1.165, 1.54) is 12.1 Å². The molecular formula is C18H25FN2O. The van der Waals surface area contributed by atoms with Gasteiger partial charge in [-0.25, -0.2) is 4.39 Å². The van der Waals surface area contributed by atoms with Crippen LogP contribution in [0.4, 0.5) is 4.39 Å². The molecule has 1 amide bonds. The minimum absolute atomic E-state index is 0.138. The van der Waals surface area contributed by atoms with Gasteiger partial charge in [0, 0.05) is 25.7 Å². The van der Waals surface area contributed by atoms with Crippen molar-refractivity contribution in [2.75, 3.05) is 19.6 Å². The molecule has 22 heavy (non-hydrogen) atoms. The van der Waals surface area contributed by atoms with Crippen molar-refractivity contribution in [3.8, 4) is 0 Å². The van der Waals surface area contributed by atoms with Gasteiger partial charge in [-0.1, -0.05) is 24.3 Å². The van der Waals surface area contributed by atoms with Gasteiger partial charge in [-0.15, -0.1) is 0 Å². The number of hydrogen-bond acceptors (Lipinski definition) is 2. The quantitative estimate of drug-likeness (QED) is 0.689. The van der Waals surface area contributed by atoms with E-state index in [1.54, 1.807) is 12.1 Å². The second kappa shape index (κ2) is 7.54. The highest BCUT2D eigenvalue weighted by atomic mass is 19.1. The van der Waals surface area contributed by atoms with Crippen molar-refractivity contribution < 1.29 is 9.18 Å². The first-order valence-electron chi connectivity index (χ1n) is 7.90. The van der Waals surface area contributed by atoms with Crippen LogP contribution in [0, 0.1) is 5.82 Å². The minimum atomic E-state index is -0.226. The number of hydrogen-bond donors (Lipinski definition) is 0. The summed E-state index contributed by atoms with van der Waals surface area (Å²) in [5, 5.41) is 0. The summed E-state index contributed by atoms with van der Waals surface area (Å²) in [6.45, 7) is 10.2. The van der Waals surface area contributed by atoms with Crippen LogP contribution in [-0.4, -0.2) is 41.4 Å². The number of amides is 1. The zero-order chi connectivity index (χ0) is 16.1. The third-order valence-corrected chi connectivity index (χ3v) is 3.90. The smallest absolute Gasteiger partial charge is 0.237 e. The van der Waals surface area contributed by atoms with Gasteiger partial charge in [0.05, 0.1) is 6.54 Å². The first kappa shape index (κ1) is 16.7. The Kier molecular flexibility index (Phi) is 5.72. The Morgan fingerprint density at radius 3 is 2.41 bits per heavy atom. The predicted octanol–water partition coefficient (Wildman–Crippen LogP) is 3.21. The zero-order valence-electron chi connectivity index (χ0n) is 13.5. The number of benzene rings is 1. The molecule has 1 aromatic carbocycles. The molecule has 1 aromatic rings. The van der Waals surface area contributed by atoms with E-state index in [9.17, 15) is 9.18 Å². The summed E-state index contributed by atoms with van der Waals surface area (Å²) in [5.41, 5.74) is 2.04. The van der Waals surface area contributed by atoms with Crippen LogP contribution in [0.5, 0.6) is 0 Å². The number of halogens is 1. The van der Waals surface area contributed by atoms with Crippen LogP contribution >= 0.6 is 0 Å². The molecule has 1 aliphatic carbocycles. The van der Waals surface area contributed by atoms with E-state index in [1.807, 2.05) is 18.7 Å². The molecule has 0 radical (unpaired) electrons. The van der Waals surface area contributed by atoms with Gasteiger partial charge in [0.2, 0.25) is 5.91 Å². The summed E-state index contributed by atoms with van der Waals surface area (Å²) < 4.78 is 13.0. The number of carbonyl (C=O) groups is 1. The fraction of sp³-hybridized carbons (Fsp3) is 0.500. The number of carbonyl (C=O) groups excluding carboxylic acids is 1. The lowest BCUT2D eigenvalue weighted by molar-refractivity contribution is -0.132. The van der Waals surface area contributed by atoms with Crippen molar-refractivity contribution in [2.45, 2.75) is 39.3 Å². The SMILES string of the molecule is C=C(C)CN(CC)C(=O)CN(Cc1ccc(F)cc1)C1CC1. The molecule has 0 heterocycles. The Hall–Kier alpha value is -1.68. The van der Waals surface area contributed by atoms with E-state index < -0.39 is 0 Å². The normalized spacial score (nSPS) is 14.2. The van der Waals surface area contributed by atoms with Gasteiger partial charge in [-0.2, -0.15) is 0 Å². The molecule has 0 aliphatic heterocycles. The number of likely N-dealkylation sites (N-methyl/N-ethyl adjacent to an activating group) is 1. The maximum atomic E-state index is 13.0. The van der Waals surface area contributed by atoms with Crippen LogP contribution < -0.4 is 0 Å². The van der Waals surface area contributed by atoms with Crippen LogP contribution in [0.15, 0.2) is 36.4 Å². The van der Waals surface area contributed by atoms with E-state index in [-0.39, 0.29) is 11.7 Å².